The van der Waals surface area contributed by atoms with Crippen LogP contribution in [0.5, 0.6) is 0 Å². The van der Waals surface area contributed by atoms with Gasteiger partial charge in [0.05, 0.1) is 23.1 Å². The molecule has 5 nitrogen and oxygen atoms in total. The van der Waals surface area contributed by atoms with E-state index >= 15 is 0 Å². The summed E-state index contributed by atoms with van der Waals surface area (Å²) >= 11 is 6.36. The standard InChI is InChI=1S/C18H23ClN4O/c1-13(2)23-9-4-3-5-17(23)18(24)21-14-6-7-16(15(19)11-14)22-10-8-20-12-22/h6-8,10-13,17H,3-5,9H2,1-2H3,(H,21,24). The van der Waals surface area contributed by atoms with Crippen LogP contribution in [0.4, 0.5) is 5.69 Å². The first-order chi connectivity index (χ1) is 11.6. The van der Waals surface area contributed by atoms with Crippen molar-refractivity contribution < 1.29 is 4.79 Å². The lowest BCUT2D eigenvalue weighted by Gasteiger charge is -2.37. The number of likely N-dealkylation sites (tertiary alicyclic amines) is 1. The number of benzene rings is 1. The van der Waals surface area contributed by atoms with Crippen LogP contribution in [0.3, 0.4) is 0 Å². The minimum absolute atomic E-state index is 0.0508. The second-order valence-electron chi connectivity index (χ2n) is 6.47. The van der Waals surface area contributed by atoms with Gasteiger partial charge in [-0.15, -0.1) is 0 Å². The molecule has 1 unspecified atom stereocenters. The van der Waals surface area contributed by atoms with Gasteiger partial charge < -0.3 is 9.88 Å². The molecule has 1 aromatic heterocycles. The topological polar surface area (TPSA) is 50.2 Å². The summed E-state index contributed by atoms with van der Waals surface area (Å²) in [4.78, 5) is 19.0. The Morgan fingerprint density at radius 3 is 2.88 bits per heavy atom. The molecule has 0 aliphatic carbocycles. The van der Waals surface area contributed by atoms with E-state index < -0.39 is 0 Å². The first-order valence-corrected chi connectivity index (χ1v) is 8.78. The molecule has 1 fully saturated rings. The summed E-state index contributed by atoms with van der Waals surface area (Å²) in [5, 5.41) is 3.60. The zero-order chi connectivity index (χ0) is 17.1. The van der Waals surface area contributed by atoms with E-state index in [1.54, 1.807) is 18.6 Å². The molecule has 2 aromatic rings. The van der Waals surface area contributed by atoms with Crippen molar-refractivity contribution in [1.82, 2.24) is 14.5 Å². The fourth-order valence-electron chi connectivity index (χ4n) is 3.27. The zero-order valence-corrected chi connectivity index (χ0v) is 14.8. The molecule has 0 bridgehead atoms. The molecule has 3 rings (SSSR count). The van der Waals surface area contributed by atoms with Crippen LogP contribution in [0.1, 0.15) is 33.1 Å². The molecule has 0 spiro atoms. The molecule has 1 amide bonds. The fraction of sp³-hybridized carbons (Fsp3) is 0.444. The molecule has 1 aliphatic rings. The quantitative estimate of drug-likeness (QED) is 0.917. The van der Waals surface area contributed by atoms with Crippen molar-refractivity contribution in [3.05, 3.63) is 41.9 Å². The minimum Gasteiger partial charge on any atom is -0.325 e. The molecule has 24 heavy (non-hydrogen) atoms. The monoisotopic (exact) mass is 346 g/mol. The van der Waals surface area contributed by atoms with Crippen molar-refractivity contribution >= 4 is 23.2 Å². The Morgan fingerprint density at radius 1 is 1.38 bits per heavy atom. The highest BCUT2D eigenvalue weighted by atomic mass is 35.5. The highest BCUT2D eigenvalue weighted by Gasteiger charge is 2.30. The number of anilines is 1. The van der Waals surface area contributed by atoms with E-state index in [2.05, 4.69) is 29.0 Å². The van der Waals surface area contributed by atoms with Gasteiger partial charge in [0, 0.05) is 24.1 Å². The second kappa shape index (κ2) is 7.36. The summed E-state index contributed by atoms with van der Waals surface area (Å²) in [6, 6.07) is 5.86. The molecule has 128 valence electrons. The number of halogens is 1. The highest BCUT2D eigenvalue weighted by Crippen LogP contribution is 2.26. The van der Waals surface area contributed by atoms with Crippen LogP contribution in [0.25, 0.3) is 5.69 Å². The number of piperidine rings is 1. The van der Waals surface area contributed by atoms with Gasteiger partial charge in [-0.25, -0.2) is 4.98 Å². The summed E-state index contributed by atoms with van der Waals surface area (Å²) in [6.45, 7) is 5.26. The average molecular weight is 347 g/mol. The molecule has 1 atom stereocenters. The van der Waals surface area contributed by atoms with Crippen LogP contribution in [0.2, 0.25) is 5.02 Å². The fourth-order valence-corrected chi connectivity index (χ4v) is 3.55. The summed E-state index contributed by atoms with van der Waals surface area (Å²) in [6.07, 6.45) is 8.40. The number of imidazole rings is 1. The first kappa shape index (κ1) is 17.0. The number of nitrogens with zero attached hydrogens (tertiary/aromatic N) is 3. The number of rotatable bonds is 4. The number of aromatic nitrogens is 2. The largest absolute Gasteiger partial charge is 0.325 e. The Balaban J connectivity index is 1.73. The number of amides is 1. The van der Waals surface area contributed by atoms with Gasteiger partial charge in [-0.2, -0.15) is 0 Å². The Labute approximate surface area is 147 Å². The molecule has 1 saturated heterocycles. The smallest absolute Gasteiger partial charge is 0.241 e. The Bertz CT molecular complexity index is 699. The lowest BCUT2D eigenvalue weighted by Crippen LogP contribution is -2.50. The third-order valence-corrected chi connectivity index (χ3v) is 4.81. The second-order valence-corrected chi connectivity index (χ2v) is 6.88. The van der Waals surface area contributed by atoms with Crippen molar-refractivity contribution in [2.24, 2.45) is 0 Å². The Kier molecular flexibility index (Phi) is 5.21. The van der Waals surface area contributed by atoms with Gasteiger partial charge in [-0.3, -0.25) is 9.69 Å². The summed E-state index contributed by atoms with van der Waals surface area (Å²) in [5.41, 5.74) is 1.57. The molecule has 6 heteroatoms. The molecular formula is C18H23ClN4O. The lowest BCUT2D eigenvalue weighted by molar-refractivity contribution is -0.123. The normalized spacial score (nSPS) is 18.8. The van der Waals surface area contributed by atoms with Crippen molar-refractivity contribution in [2.75, 3.05) is 11.9 Å². The molecule has 0 radical (unpaired) electrons. The maximum Gasteiger partial charge on any atom is 0.241 e. The zero-order valence-electron chi connectivity index (χ0n) is 14.1. The van der Waals surface area contributed by atoms with Crippen molar-refractivity contribution in [1.29, 1.82) is 0 Å². The molecular weight excluding hydrogens is 324 g/mol. The van der Waals surface area contributed by atoms with E-state index in [1.165, 1.54) is 0 Å². The van der Waals surface area contributed by atoms with E-state index in [0.717, 1.165) is 37.2 Å². The number of hydrogen-bond donors (Lipinski definition) is 1. The third-order valence-electron chi connectivity index (χ3n) is 4.51. The van der Waals surface area contributed by atoms with Crippen LogP contribution < -0.4 is 5.32 Å². The average Bonchev–Trinajstić information content (AvgIpc) is 3.09. The predicted molar refractivity (Wildman–Crippen MR) is 96.7 cm³/mol. The van der Waals surface area contributed by atoms with Crippen molar-refractivity contribution in [3.8, 4) is 5.69 Å². The van der Waals surface area contributed by atoms with Crippen LogP contribution in [-0.4, -0.2) is 39.0 Å². The van der Waals surface area contributed by atoms with E-state index in [9.17, 15) is 4.79 Å². The lowest BCUT2D eigenvalue weighted by atomic mass is 9.99. The summed E-state index contributed by atoms with van der Waals surface area (Å²) < 4.78 is 1.84. The maximum absolute atomic E-state index is 12.7. The van der Waals surface area contributed by atoms with Gasteiger partial charge in [0.15, 0.2) is 0 Å². The predicted octanol–water partition coefficient (Wildman–Crippen LogP) is 3.73. The van der Waals surface area contributed by atoms with Gasteiger partial charge in [0.1, 0.15) is 0 Å². The van der Waals surface area contributed by atoms with Gasteiger partial charge in [0.25, 0.3) is 0 Å². The van der Waals surface area contributed by atoms with E-state index in [0.29, 0.717) is 11.1 Å². The van der Waals surface area contributed by atoms with Gasteiger partial charge in [0.2, 0.25) is 5.91 Å². The van der Waals surface area contributed by atoms with Crippen LogP contribution in [0.15, 0.2) is 36.9 Å². The number of carbonyl (C=O) groups excluding carboxylic acids is 1. The summed E-state index contributed by atoms with van der Waals surface area (Å²) in [5.74, 6) is 0.0508. The highest BCUT2D eigenvalue weighted by molar-refractivity contribution is 6.32. The van der Waals surface area contributed by atoms with Crippen LogP contribution in [0, 0.1) is 0 Å². The Hall–Kier alpha value is -1.85. The number of nitrogens with one attached hydrogen (secondary N) is 1. The maximum atomic E-state index is 12.7. The van der Waals surface area contributed by atoms with E-state index in [4.69, 9.17) is 11.6 Å². The van der Waals surface area contributed by atoms with Gasteiger partial charge in [-0.05, 0) is 51.4 Å². The summed E-state index contributed by atoms with van der Waals surface area (Å²) in [7, 11) is 0. The van der Waals surface area contributed by atoms with E-state index in [1.807, 2.05) is 22.9 Å². The minimum atomic E-state index is -0.0640. The number of hydrogen-bond acceptors (Lipinski definition) is 3. The molecule has 1 aliphatic heterocycles. The molecule has 2 heterocycles. The van der Waals surface area contributed by atoms with E-state index in [-0.39, 0.29) is 11.9 Å². The van der Waals surface area contributed by atoms with Crippen molar-refractivity contribution in [2.45, 2.75) is 45.2 Å². The van der Waals surface area contributed by atoms with Crippen LogP contribution in [-0.2, 0) is 4.79 Å². The molecule has 0 saturated carbocycles. The number of carbonyl (C=O) groups is 1. The van der Waals surface area contributed by atoms with Gasteiger partial charge >= 0.3 is 0 Å². The SMILES string of the molecule is CC(C)N1CCCCC1C(=O)Nc1ccc(-n2ccnc2)c(Cl)c1. The Morgan fingerprint density at radius 2 is 2.21 bits per heavy atom. The van der Waals surface area contributed by atoms with Crippen molar-refractivity contribution in [3.63, 3.8) is 0 Å². The first-order valence-electron chi connectivity index (χ1n) is 8.41. The van der Waals surface area contributed by atoms with Crippen LogP contribution >= 0.6 is 11.6 Å². The van der Waals surface area contributed by atoms with Gasteiger partial charge in [-0.1, -0.05) is 18.0 Å². The third kappa shape index (κ3) is 3.62. The molecule has 1 N–H and O–H groups in total. The molecule has 1 aromatic carbocycles.